The Kier molecular flexibility index (Phi) is 4.05. The highest BCUT2D eigenvalue weighted by molar-refractivity contribution is 5.82. The van der Waals surface area contributed by atoms with Gasteiger partial charge < -0.3 is 15.3 Å². The highest BCUT2D eigenvalue weighted by Crippen LogP contribution is 2.28. The van der Waals surface area contributed by atoms with E-state index in [1.54, 1.807) is 0 Å². The van der Waals surface area contributed by atoms with Gasteiger partial charge in [-0.05, 0) is 31.6 Å². The lowest BCUT2D eigenvalue weighted by Crippen LogP contribution is -2.45. The molecule has 0 radical (unpaired) electrons. The van der Waals surface area contributed by atoms with Crippen molar-refractivity contribution in [3.05, 3.63) is 0 Å². The Balaban J connectivity index is 1.88. The molecule has 4 nitrogen and oxygen atoms in total. The van der Waals surface area contributed by atoms with E-state index >= 15 is 0 Å². The number of carbonyl (C=O) groups excluding carboxylic acids is 1. The second-order valence-electron chi connectivity index (χ2n) is 5.80. The normalized spacial score (nSPS) is 28.7. The molecule has 0 aromatic carbocycles. The van der Waals surface area contributed by atoms with E-state index in [4.69, 9.17) is 0 Å². The number of aliphatic hydroxyl groups excluding tert-OH is 1. The third kappa shape index (κ3) is 3.42. The quantitative estimate of drug-likeness (QED) is 0.745. The molecule has 1 aliphatic carbocycles. The highest BCUT2D eigenvalue weighted by atomic mass is 16.3. The average molecular weight is 240 g/mol. The first-order chi connectivity index (χ1) is 8.08. The topological polar surface area (TPSA) is 52.6 Å². The third-order valence-electron chi connectivity index (χ3n) is 3.62. The highest BCUT2D eigenvalue weighted by Gasteiger charge is 2.37. The first kappa shape index (κ1) is 12.8. The van der Waals surface area contributed by atoms with Gasteiger partial charge in [0.15, 0.2) is 0 Å². The second-order valence-corrected chi connectivity index (χ2v) is 5.80. The van der Waals surface area contributed by atoms with E-state index in [9.17, 15) is 9.90 Å². The Bertz CT molecular complexity index is 277. The lowest BCUT2D eigenvalue weighted by molar-refractivity contribution is -0.134. The molecule has 1 amide bonds. The van der Waals surface area contributed by atoms with Crippen LogP contribution in [0.4, 0.5) is 0 Å². The number of rotatable bonds is 5. The maximum atomic E-state index is 12.3. The Morgan fingerprint density at radius 1 is 1.47 bits per heavy atom. The summed E-state index contributed by atoms with van der Waals surface area (Å²) in [7, 11) is 0. The van der Waals surface area contributed by atoms with E-state index in [-0.39, 0.29) is 18.1 Å². The Morgan fingerprint density at radius 2 is 2.18 bits per heavy atom. The molecule has 2 fully saturated rings. The summed E-state index contributed by atoms with van der Waals surface area (Å²) in [4.78, 5) is 14.4. The van der Waals surface area contributed by atoms with E-state index in [2.05, 4.69) is 19.2 Å². The van der Waals surface area contributed by atoms with Crippen molar-refractivity contribution < 1.29 is 9.90 Å². The molecular formula is C13H24N2O2. The molecule has 98 valence electrons. The van der Waals surface area contributed by atoms with Crippen LogP contribution in [-0.4, -0.2) is 47.2 Å². The maximum Gasteiger partial charge on any atom is 0.240 e. The van der Waals surface area contributed by atoms with Gasteiger partial charge >= 0.3 is 0 Å². The number of nitrogens with one attached hydrogen (secondary N) is 1. The molecule has 2 unspecified atom stereocenters. The first-order valence-corrected chi connectivity index (χ1v) is 6.80. The predicted octanol–water partition coefficient (Wildman–Crippen LogP) is 0.746. The molecule has 17 heavy (non-hydrogen) atoms. The number of hydrogen-bond donors (Lipinski definition) is 2. The predicted molar refractivity (Wildman–Crippen MR) is 66.6 cm³/mol. The van der Waals surface area contributed by atoms with Crippen LogP contribution in [0.2, 0.25) is 0 Å². The minimum absolute atomic E-state index is 0.155. The third-order valence-corrected chi connectivity index (χ3v) is 3.62. The van der Waals surface area contributed by atoms with Gasteiger partial charge in [0.2, 0.25) is 5.91 Å². The fourth-order valence-corrected chi connectivity index (χ4v) is 2.36. The lowest BCUT2D eigenvalue weighted by atomic mass is 10.1. The van der Waals surface area contributed by atoms with Gasteiger partial charge in [0.05, 0.1) is 12.1 Å². The van der Waals surface area contributed by atoms with E-state index in [0.717, 1.165) is 25.8 Å². The van der Waals surface area contributed by atoms with Crippen molar-refractivity contribution in [3.8, 4) is 0 Å². The molecule has 2 N–H and O–H groups in total. The molecule has 1 saturated carbocycles. The number of β-amino-alcohol motifs (C(OH)–C–C–N with tert-alkyl or cyclic N) is 1. The number of carbonyl (C=O) groups is 1. The summed E-state index contributed by atoms with van der Waals surface area (Å²) in [6.45, 7) is 5.80. The van der Waals surface area contributed by atoms with Gasteiger partial charge in [-0.3, -0.25) is 4.79 Å². The molecule has 1 aliphatic heterocycles. The Morgan fingerprint density at radius 3 is 2.65 bits per heavy atom. The summed E-state index contributed by atoms with van der Waals surface area (Å²) in [5, 5.41) is 12.6. The van der Waals surface area contributed by atoms with Gasteiger partial charge in [0.1, 0.15) is 0 Å². The summed E-state index contributed by atoms with van der Waals surface area (Å²) in [6.07, 6.45) is 3.59. The Labute approximate surface area is 103 Å². The van der Waals surface area contributed by atoms with Crippen LogP contribution in [-0.2, 0) is 4.79 Å². The van der Waals surface area contributed by atoms with Gasteiger partial charge in [-0.15, -0.1) is 0 Å². The second kappa shape index (κ2) is 5.36. The van der Waals surface area contributed by atoms with Gasteiger partial charge in [0.25, 0.3) is 0 Å². The minimum atomic E-state index is -0.352. The molecular weight excluding hydrogens is 216 g/mol. The minimum Gasteiger partial charge on any atom is -0.392 e. The molecule has 1 saturated heterocycles. The average Bonchev–Trinajstić information content (AvgIpc) is 3.00. The van der Waals surface area contributed by atoms with E-state index in [0.29, 0.717) is 24.9 Å². The molecule has 2 aliphatic rings. The summed E-state index contributed by atoms with van der Waals surface area (Å²) in [5.41, 5.74) is 0. The molecule has 2 rings (SSSR count). The summed E-state index contributed by atoms with van der Waals surface area (Å²) >= 11 is 0. The zero-order valence-corrected chi connectivity index (χ0v) is 10.9. The zero-order chi connectivity index (χ0) is 12.4. The molecule has 2 atom stereocenters. The van der Waals surface area contributed by atoms with Gasteiger partial charge in [-0.1, -0.05) is 13.8 Å². The van der Waals surface area contributed by atoms with Crippen LogP contribution >= 0.6 is 0 Å². The van der Waals surface area contributed by atoms with Gasteiger partial charge in [-0.25, -0.2) is 0 Å². The first-order valence-electron chi connectivity index (χ1n) is 6.80. The molecule has 0 aromatic heterocycles. The fourth-order valence-electron chi connectivity index (χ4n) is 2.36. The van der Waals surface area contributed by atoms with Crippen molar-refractivity contribution in [1.29, 1.82) is 0 Å². The number of amides is 1. The van der Waals surface area contributed by atoms with Crippen molar-refractivity contribution >= 4 is 5.91 Å². The monoisotopic (exact) mass is 240 g/mol. The van der Waals surface area contributed by atoms with Crippen LogP contribution in [0.15, 0.2) is 0 Å². The van der Waals surface area contributed by atoms with Crippen molar-refractivity contribution in [2.24, 2.45) is 5.92 Å². The fraction of sp³-hybridized carbons (Fsp3) is 0.923. The van der Waals surface area contributed by atoms with Crippen LogP contribution in [0.25, 0.3) is 0 Å². The summed E-state index contributed by atoms with van der Waals surface area (Å²) in [5.74, 6) is 0.830. The van der Waals surface area contributed by atoms with Crippen molar-refractivity contribution in [2.75, 3.05) is 13.1 Å². The Hall–Kier alpha value is -0.610. The summed E-state index contributed by atoms with van der Waals surface area (Å²) < 4.78 is 0. The van der Waals surface area contributed by atoms with E-state index in [1.165, 1.54) is 0 Å². The molecule has 0 bridgehead atoms. The van der Waals surface area contributed by atoms with Gasteiger partial charge in [0, 0.05) is 19.1 Å². The van der Waals surface area contributed by atoms with Crippen molar-refractivity contribution in [3.63, 3.8) is 0 Å². The number of aliphatic hydroxyl groups is 1. The van der Waals surface area contributed by atoms with Crippen LogP contribution in [0.3, 0.4) is 0 Å². The smallest absolute Gasteiger partial charge is 0.240 e. The number of hydrogen-bond acceptors (Lipinski definition) is 3. The van der Waals surface area contributed by atoms with Crippen LogP contribution < -0.4 is 5.32 Å². The molecule has 0 spiro atoms. The van der Waals surface area contributed by atoms with Crippen molar-refractivity contribution in [2.45, 2.75) is 57.7 Å². The maximum absolute atomic E-state index is 12.3. The zero-order valence-electron chi connectivity index (χ0n) is 10.9. The van der Waals surface area contributed by atoms with Gasteiger partial charge in [-0.2, -0.15) is 0 Å². The molecule has 4 heteroatoms. The SMILES string of the molecule is CC(C)CCN(C(=O)C1CC(O)CN1)C1CC1. The molecule has 1 heterocycles. The van der Waals surface area contributed by atoms with E-state index in [1.807, 2.05) is 4.90 Å². The lowest BCUT2D eigenvalue weighted by Gasteiger charge is -2.26. The number of nitrogens with zero attached hydrogens (tertiary/aromatic N) is 1. The van der Waals surface area contributed by atoms with E-state index < -0.39 is 0 Å². The van der Waals surface area contributed by atoms with Crippen molar-refractivity contribution in [1.82, 2.24) is 10.2 Å². The standard InChI is InChI=1S/C13H24N2O2/c1-9(2)5-6-15(10-3-4-10)13(17)12-7-11(16)8-14-12/h9-12,14,16H,3-8H2,1-2H3. The van der Waals surface area contributed by atoms with Crippen LogP contribution in [0, 0.1) is 5.92 Å². The van der Waals surface area contributed by atoms with Crippen LogP contribution in [0.5, 0.6) is 0 Å². The largest absolute Gasteiger partial charge is 0.392 e. The molecule has 0 aromatic rings. The summed E-state index contributed by atoms with van der Waals surface area (Å²) in [6, 6.07) is 0.318. The van der Waals surface area contributed by atoms with Crippen LogP contribution in [0.1, 0.15) is 39.5 Å².